The zero-order valence-electron chi connectivity index (χ0n) is 25.0. The number of aromatic nitrogens is 2. The number of anilines is 5. The number of fused-ring (bicyclic) bond motifs is 1. The number of aryl methyl sites for hydroxylation is 1. The molecule has 0 spiro atoms. The molecule has 1 aromatic heterocycles. The lowest BCUT2D eigenvalue weighted by atomic mass is 9.95. The van der Waals surface area contributed by atoms with Crippen LogP contribution in [-0.2, 0) is 24.8 Å². The fourth-order valence-electron chi connectivity index (χ4n) is 5.82. The average Bonchev–Trinajstić information content (AvgIpc) is 3.03. The SMILES string of the molecule is CN(C)c1ccc2c(c1)CCN(c1cccc(-c3cn(C)c(=O)c(Nc4ccc(N5CCOCC5)c(F)c4)n3)c1CO)C2=O. The van der Waals surface area contributed by atoms with Gasteiger partial charge in [-0.25, -0.2) is 9.37 Å². The van der Waals surface area contributed by atoms with Crippen molar-refractivity contribution in [3.8, 4) is 11.3 Å². The Labute approximate surface area is 254 Å². The molecule has 1 saturated heterocycles. The lowest BCUT2D eigenvalue weighted by Gasteiger charge is -2.31. The summed E-state index contributed by atoms with van der Waals surface area (Å²) in [5.74, 6) is -0.537. The number of nitrogens with zero attached hydrogens (tertiary/aromatic N) is 5. The van der Waals surface area contributed by atoms with E-state index in [4.69, 9.17) is 4.74 Å². The molecular weight excluding hydrogens is 563 g/mol. The summed E-state index contributed by atoms with van der Waals surface area (Å²) in [4.78, 5) is 36.9. The summed E-state index contributed by atoms with van der Waals surface area (Å²) in [5, 5.41) is 13.5. The minimum atomic E-state index is -0.411. The second-order valence-electron chi connectivity index (χ2n) is 11.2. The molecule has 228 valence electrons. The molecule has 3 heterocycles. The minimum absolute atomic E-state index is 0.0116. The molecule has 6 rings (SSSR count). The third-order valence-electron chi connectivity index (χ3n) is 8.19. The highest BCUT2D eigenvalue weighted by Gasteiger charge is 2.28. The van der Waals surface area contributed by atoms with Gasteiger partial charge in [0.1, 0.15) is 5.82 Å². The Kier molecular flexibility index (Phi) is 8.07. The van der Waals surface area contributed by atoms with E-state index in [0.717, 1.165) is 11.3 Å². The van der Waals surface area contributed by atoms with Crippen LogP contribution < -0.4 is 25.6 Å². The lowest BCUT2D eigenvalue weighted by molar-refractivity contribution is 0.0980. The molecule has 0 aliphatic carbocycles. The number of rotatable bonds is 7. The third kappa shape index (κ3) is 5.51. The fourth-order valence-corrected chi connectivity index (χ4v) is 5.82. The number of hydrogen-bond donors (Lipinski definition) is 2. The van der Waals surface area contributed by atoms with Crippen molar-refractivity contribution in [1.82, 2.24) is 9.55 Å². The van der Waals surface area contributed by atoms with Gasteiger partial charge >= 0.3 is 0 Å². The zero-order valence-corrected chi connectivity index (χ0v) is 25.0. The van der Waals surface area contributed by atoms with Crippen molar-refractivity contribution >= 4 is 34.5 Å². The van der Waals surface area contributed by atoms with Crippen molar-refractivity contribution < 1.29 is 19.0 Å². The van der Waals surface area contributed by atoms with Gasteiger partial charge < -0.3 is 34.4 Å². The van der Waals surface area contributed by atoms with Gasteiger partial charge in [0, 0.05) is 75.0 Å². The Morgan fingerprint density at radius 2 is 1.80 bits per heavy atom. The van der Waals surface area contributed by atoms with Gasteiger partial charge in [0.05, 0.1) is 36.9 Å². The van der Waals surface area contributed by atoms with Crippen molar-refractivity contribution in [3.63, 3.8) is 0 Å². The third-order valence-corrected chi connectivity index (χ3v) is 8.19. The molecule has 10 nitrogen and oxygen atoms in total. The van der Waals surface area contributed by atoms with E-state index < -0.39 is 11.4 Å². The molecule has 11 heteroatoms. The van der Waals surface area contributed by atoms with E-state index in [0.29, 0.717) is 78.7 Å². The summed E-state index contributed by atoms with van der Waals surface area (Å²) < 4.78 is 21.8. The van der Waals surface area contributed by atoms with Crippen LogP contribution in [0.5, 0.6) is 0 Å². The van der Waals surface area contributed by atoms with Crippen LogP contribution in [0.2, 0.25) is 0 Å². The van der Waals surface area contributed by atoms with Crippen molar-refractivity contribution in [2.75, 3.05) is 67.0 Å². The maximum Gasteiger partial charge on any atom is 0.293 e. The molecule has 1 amide bonds. The Morgan fingerprint density at radius 3 is 2.52 bits per heavy atom. The molecule has 1 fully saturated rings. The molecule has 44 heavy (non-hydrogen) atoms. The highest BCUT2D eigenvalue weighted by Crippen LogP contribution is 2.35. The van der Waals surface area contributed by atoms with Crippen LogP contribution >= 0.6 is 0 Å². The second-order valence-corrected chi connectivity index (χ2v) is 11.2. The van der Waals surface area contributed by atoms with Crippen LogP contribution in [0.15, 0.2) is 65.6 Å². The van der Waals surface area contributed by atoms with Crippen molar-refractivity contribution in [1.29, 1.82) is 0 Å². The van der Waals surface area contributed by atoms with Gasteiger partial charge in [-0.3, -0.25) is 9.59 Å². The van der Waals surface area contributed by atoms with E-state index in [-0.39, 0.29) is 18.3 Å². The maximum atomic E-state index is 15.1. The molecule has 0 saturated carbocycles. The molecule has 2 aliphatic rings. The number of aliphatic hydroxyl groups is 1. The topological polar surface area (TPSA) is 103 Å². The van der Waals surface area contributed by atoms with Gasteiger partial charge in [0.25, 0.3) is 11.5 Å². The first-order valence-corrected chi connectivity index (χ1v) is 14.6. The predicted octanol–water partition coefficient (Wildman–Crippen LogP) is 3.93. The number of carbonyl (C=O) groups is 1. The normalized spacial score (nSPS) is 14.9. The van der Waals surface area contributed by atoms with Crippen molar-refractivity contribution in [2.45, 2.75) is 13.0 Å². The van der Waals surface area contributed by atoms with Crippen LogP contribution in [0.3, 0.4) is 0 Å². The standard InChI is InChI=1S/C33H35FN6O4/c1-37(2)23-8-9-24-21(17-23)11-12-40(32(24)42)29-6-4-5-25(26(29)20-41)28-19-38(3)33(43)31(36-28)35-22-7-10-30(27(34)18-22)39-13-15-44-16-14-39/h4-10,17-19,41H,11-16,20H2,1-3H3,(H,35,36). The molecule has 4 aromatic rings. The number of ether oxygens (including phenoxy) is 1. The van der Waals surface area contributed by atoms with E-state index >= 15 is 4.39 Å². The molecule has 2 aliphatic heterocycles. The van der Waals surface area contributed by atoms with Crippen LogP contribution in [-0.4, -0.2) is 67.5 Å². The maximum absolute atomic E-state index is 15.1. The first-order valence-electron chi connectivity index (χ1n) is 14.6. The van der Waals surface area contributed by atoms with E-state index in [1.165, 1.54) is 10.6 Å². The van der Waals surface area contributed by atoms with Crippen molar-refractivity contribution in [2.24, 2.45) is 7.05 Å². The number of morpholine rings is 1. The summed E-state index contributed by atoms with van der Waals surface area (Å²) in [6, 6.07) is 16.0. The van der Waals surface area contributed by atoms with Crippen molar-refractivity contribution in [3.05, 3.63) is 93.7 Å². The van der Waals surface area contributed by atoms with E-state index in [9.17, 15) is 14.7 Å². The van der Waals surface area contributed by atoms with Gasteiger partial charge in [0.15, 0.2) is 5.82 Å². The number of nitrogens with one attached hydrogen (secondary N) is 1. The molecular formula is C33H35FN6O4. The molecule has 0 atom stereocenters. The second kappa shape index (κ2) is 12.1. The number of aliphatic hydroxyl groups excluding tert-OH is 1. The van der Waals surface area contributed by atoms with E-state index in [1.54, 1.807) is 42.4 Å². The van der Waals surface area contributed by atoms with E-state index in [1.807, 2.05) is 48.2 Å². The summed E-state index contributed by atoms with van der Waals surface area (Å²) in [7, 11) is 5.54. The largest absolute Gasteiger partial charge is 0.392 e. The number of halogens is 1. The highest BCUT2D eigenvalue weighted by atomic mass is 19.1. The van der Waals surface area contributed by atoms with Crippen LogP contribution in [0.4, 0.5) is 33.0 Å². The molecule has 0 radical (unpaired) electrons. The summed E-state index contributed by atoms with van der Waals surface area (Å²) in [6.45, 7) is 2.40. The zero-order chi connectivity index (χ0) is 31.0. The number of hydrogen-bond acceptors (Lipinski definition) is 8. The smallest absolute Gasteiger partial charge is 0.293 e. The van der Waals surface area contributed by atoms with Gasteiger partial charge in [-0.05, 0) is 54.4 Å². The van der Waals surface area contributed by atoms with Crippen LogP contribution in [0, 0.1) is 5.82 Å². The first-order chi connectivity index (χ1) is 21.2. The van der Waals surface area contributed by atoms with Gasteiger partial charge in [-0.2, -0.15) is 0 Å². The van der Waals surface area contributed by atoms with Gasteiger partial charge in [-0.1, -0.05) is 12.1 Å². The van der Waals surface area contributed by atoms with Gasteiger partial charge in [0.2, 0.25) is 0 Å². The fraction of sp³-hybridized carbons (Fsp3) is 0.303. The quantitative estimate of drug-likeness (QED) is 0.330. The van der Waals surface area contributed by atoms with Crippen LogP contribution in [0.25, 0.3) is 11.3 Å². The Morgan fingerprint density at radius 1 is 1.00 bits per heavy atom. The van der Waals surface area contributed by atoms with Gasteiger partial charge in [-0.15, -0.1) is 0 Å². The monoisotopic (exact) mass is 598 g/mol. The molecule has 2 N–H and O–H groups in total. The number of carbonyl (C=O) groups excluding carboxylic acids is 1. The Hall–Kier alpha value is -4.74. The predicted molar refractivity (Wildman–Crippen MR) is 170 cm³/mol. The summed E-state index contributed by atoms with van der Waals surface area (Å²) in [5.41, 5.74) is 5.23. The van der Waals surface area contributed by atoms with E-state index in [2.05, 4.69) is 10.3 Å². The average molecular weight is 599 g/mol. The lowest BCUT2D eigenvalue weighted by Crippen LogP contribution is -2.38. The summed E-state index contributed by atoms with van der Waals surface area (Å²) in [6.07, 6.45) is 2.26. The van der Waals surface area contributed by atoms with Crippen LogP contribution in [0.1, 0.15) is 21.5 Å². The summed E-state index contributed by atoms with van der Waals surface area (Å²) >= 11 is 0. The molecule has 0 unspecified atom stereocenters. The Bertz CT molecular complexity index is 1780. The minimum Gasteiger partial charge on any atom is -0.392 e. The number of benzene rings is 3. The highest BCUT2D eigenvalue weighted by molar-refractivity contribution is 6.09. The molecule has 0 bridgehead atoms. The first kappa shape index (κ1) is 29.3. The molecule has 3 aromatic carbocycles. The Balaban J connectivity index is 1.32. The number of amides is 1.